The van der Waals surface area contributed by atoms with Gasteiger partial charge in [-0.2, -0.15) is 0 Å². The number of aromatic nitrogens is 1. The summed E-state index contributed by atoms with van der Waals surface area (Å²) in [5.41, 5.74) is 7.52. The first-order chi connectivity index (χ1) is 13.1. The second kappa shape index (κ2) is 7.82. The van der Waals surface area contributed by atoms with Crippen LogP contribution >= 0.6 is 0 Å². The number of hydrogen-bond acceptors (Lipinski definition) is 7. The minimum atomic E-state index is -0.147. The molecule has 1 amide bonds. The second-order valence-corrected chi connectivity index (χ2v) is 7.31. The van der Waals surface area contributed by atoms with E-state index in [9.17, 15) is 4.79 Å². The van der Waals surface area contributed by atoms with Gasteiger partial charge in [0.05, 0.1) is 37.7 Å². The van der Waals surface area contributed by atoms with Crippen LogP contribution in [0.1, 0.15) is 24.8 Å². The van der Waals surface area contributed by atoms with Crippen molar-refractivity contribution in [3.8, 4) is 5.88 Å². The van der Waals surface area contributed by atoms with E-state index in [1.807, 2.05) is 4.90 Å². The standard InChI is InChI=1S/C19H26N4O4/c20-15-1-4-22-18(27-12-2-7-25-8-3-12)16(15)17(21)13-11-14(13)19(24)23-5-9-26-10-6-23/h1,4,12-14,21H,2-3,5-11H2,(H2,20,22). The van der Waals surface area contributed by atoms with Crippen LogP contribution in [0.2, 0.25) is 0 Å². The molecule has 27 heavy (non-hydrogen) atoms. The van der Waals surface area contributed by atoms with Gasteiger partial charge in [-0.15, -0.1) is 0 Å². The Kier molecular flexibility index (Phi) is 5.27. The molecular weight excluding hydrogens is 348 g/mol. The summed E-state index contributed by atoms with van der Waals surface area (Å²) >= 11 is 0. The van der Waals surface area contributed by atoms with Crippen molar-refractivity contribution in [3.63, 3.8) is 0 Å². The molecule has 2 aliphatic heterocycles. The van der Waals surface area contributed by atoms with E-state index in [2.05, 4.69) is 4.98 Å². The van der Waals surface area contributed by atoms with E-state index in [0.29, 0.717) is 68.8 Å². The highest BCUT2D eigenvalue weighted by Gasteiger charge is 2.48. The first kappa shape index (κ1) is 18.2. The summed E-state index contributed by atoms with van der Waals surface area (Å²) in [5.74, 6) is 0.244. The van der Waals surface area contributed by atoms with Crippen molar-refractivity contribution in [2.24, 2.45) is 11.8 Å². The van der Waals surface area contributed by atoms with Crippen LogP contribution in [-0.4, -0.2) is 67.1 Å². The lowest BCUT2D eigenvalue weighted by molar-refractivity contribution is -0.136. The number of morpholine rings is 1. The summed E-state index contributed by atoms with van der Waals surface area (Å²) < 4.78 is 16.7. The quantitative estimate of drug-likeness (QED) is 0.746. The molecule has 0 aromatic carbocycles. The van der Waals surface area contributed by atoms with Crippen molar-refractivity contribution in [2.75, 3.05) is 45.3 Å². The summed E-state index contributed by atoms with van der Waals surface area (Å²) in [5, 5.41) is 8.66. The topological polar surface area (TPSA) is 111 Å². The molecule has 3 fully saturated rings. The maximum atomic E-state index is 12.7. The van der Waals surface area contributed by atoms with Crippen LogP contribution in [0.25, 0.3) is 0 Å². The molecule has 2 atom stereocenters. The molecule has 2 unspecified atom stereocenters. The highest BCUT2D eigenvalue weighted by molar-refractivity contribution is 6.09. The summed E-state index contributed by atoms with van der Waals surface area (Å²) in [7, 11) is 0. The van der Waals surface area contributed by atoms with Crippen molar-refractivity contribution in [1.29, 1.82) is 5.41 Å². The third-order valence-electron chi connectivity index (χ3n) is 5.47. The number of ether oxygens (including phenoxy) is 3. The number of hydrogen-bond donors (Lipinski definition) is 2. The van der Waals surface area contributed by atoms with Gasteiger partial charge in [0.2, 0.25) is 11.8 Å². The fourth-order valence-electron chi connectivity index (χ4n) is 3.76. The summed E-state index contributed by atoms with van der Waals surface area (Å²) in [4.78, 5) is 18.8. The lowest BCUT2D eigenvalue weighted by Gasteiger charge is -2.27. The molecule has 0 radical (unpaired) electrons. The molecular formula is C19H26N4O4. The molecule has 3 aliphatic rings. The predicted octanol–water partition coefficient (Wildman–Crippen LogP) is 1.08. The monoisotopic (exact) mass is 374 g/mol. The maximum absolute atomic E-state index is 12.7. The van der Waals surface area contributed by atoms with Gasteiger partial charge < -0.3 is 30.3 Å². The zero-order valence-electron chi connectivity index (χ0n) is 15.4. The molecule has 4 rings (SSSR count). The van der Waals surface area contributed by atoms with Gasteiger partial charge in [0.1, 0.15) is 6.10 Å². The largest absolute Gasteiger partial charge is 0.474 e. The number of carbonyl (C=O) groups is 1. The van der Waals surface area contributed by atoms with E-state index in [4.69, 9.17) is 25.4 Å². The van der Waals surface area contributed by atoms with Gasteiger partial charge in [0.25, 0.3) is 0 Å². The van der Waals surface area contributed by atoms with Crippen LogP contribution in [0.4, 0.5) is 5.69 Å². The highest BCUT2D eigenvalue weighted by atomic mass is 16.5. The Balaban J connectivity index is 1.46. The van der Waals surface area contributed by atoms with Crippen molar-refractivity contribution in [1.82, 2.24) is 9.88 Å². The van der Waals surface area contributed by atoms with E-state index in [-0.39, 0.29) is 23.8 Å². The van der Waals surface area contributed by atoms with Crippen molar-refractivity contribution >= 4 is 17.3 Å². The minimum Gasteiger partial charge on any atom is -0.474 e. The molecule has 1 saturated carbocycles. The molecule has 3 heterocycles. The summed E-state index contributed by atoms with van der Waals surface area (Å²) in [6.07, 6.45) is 3.89. The normalized spacial score (nSPS) is 25.9. The number of nitrogens with two attached hydrogens (primary N) is 1. The zero-order valence-corrected chi connectivity index (χ0v) is 15.4. The third-order valence-corrected chi connectivity index (χ3v) is 5.47. The Hall–Kier alpha value is -2.19. The van der Waals surface area contributed by atoms with Gasteiger partial charge >= 0.3 is 0 Å². The van der Waals surface area contributed by atoms with Crippen LogP contribution in [0, 0.1) is 17.2 Å². The van der Waals surface area contributed by atoms with Gasteiger partial charge in [-0.25, -0.2) is 4.98 Å². The number of nitrogens with one attached hydrogen (secondary N) is 1. The Morgan fingerprint density at radius 2 is 1.89 bits per heavy atom. The first-order valence-corrected chi connectivity index (χ1v) is 9.59. The molecule has 3 N–H and O–H groups in total. The second-order valence-electron chi connectivity index (χ2n) is 7.31. The third kappa shape index (κ3) is 3.91. The van der Waals surface area contributed by atoms with E-state index in [1.54, 1.807) is 12.3 Å². The van der Waals surface area contributed by atoms with E-state index < -0.39 is 0 Å². The number of nitrogens with zero attached hydrogens (tertiary/aromatic N) is 2. The van der Waals surface area contributed by atoms with E-state index in [0.717, 1.165) is 12.8 Å². The van der Waals surface area contributed by atoms with Crippen LogP contribution in [-0.2, 0) is 14.3 Å². The van der Waals surface area contributed by atoms with Gasteiger partial charge in [-0.3, -0.25) is 4.79 Å². The Labute approximate surface area is 158 Å². The maximum Gasteiger partial charge on any atom is 0.226 e. The predicted molar refractivity (Wildman–Crippen MR) is 98.9 cm³/mol. The molecule has 1 aromatic heterocycles. The molecule has 1 aliphatic carbocycles. The number of amides is 1. The lowest BCUT2D eigenvalue weighted by atomic mass is 10.0. The highest BCUT2D eigenvalue weighted by Crippen LogP contribution is 2.44. The Morgan fingerprint density at radius 3 is 2.63 bits per heavy atom. The fourth-order valence-corrected chi connectivity index (χ4v) is 3.76. The van der Waals surface area contributed by atoms with Crippen LogP contribution < -0.4 is 10.5 Å². The van der Waals surface area contributed by atoms with Crippen molar-refractivity contribution in [3.05, 3.63) is 17.8 Å². The molecule has 8 heteroatoms. The minimum absolute atomic E-state index is 0.0181. The first-order valence-electron chi connectivity index (χ1n) is 9.59. The number of carbonyl (C=O) groups excluding carboxylic acids is 1. The number of nitrogen functional groups attached to an aromatic ring is 1. The van der Waals surface area contributed by atoms with Crippen LogP contribution in [0.15, 0.2) is 12.3 Å². The van der Waals surface area contributed by atoms with Crippen LogP contribution in [0.5, 0.6) is 5.88 Å². The Bertz CT molecular complexity index is 714. The molecule has 0 bridgehead atoms. The molecule has 8 nitrogen and oxygen atoms in total. The number of rotatable bonds is 5. The average molecular weight is 374 g/mol. The van der Waals surface area contributed by atoms with E-state index in [1.165, 1.54) is 0 Å². The summed E-state index contributed by atoms with van der Waals surface area (Å²) in [6.45, 7) is 3.75. The SMILES string of the molecule is N=C(c1c(N)ccnc1OC1CCOCC1)C1CC1C(=O)N1CCOCC1. The van der Waals surface area contributed by atoms with Gasteiger partial charge in [-0.1, -0.05) is 0 Å². The molecule has 1 aromatic rings. The molecule has 0 spiro atoms. The zero-order chi connectivity index (χ0) is 18.8. The number of anilines is 1. The Morgan fingerprint density at radius 1 is 1.19 bits per heavy atom. The summed E-state index contributed by atoms with van der Waals surface area (Å²) in [6, 6.07) is 1.68. The fraction of sp³-hybridized carbons (Fsp3) is 0.632. The number of pyridine rings is 1. The lowest BCUT2D eigenvalue weighted by Crippen LogP contribution is -2.42. The van der Waals surface area contributed by atoms with Crippen molar-refractivity contribution in [2.45, 2.75) is 25.4 Å². The van der Waals surface area contributed by atoms with Gasteiger partial charge in [0, 0.05) is 49.7 Å². The van der Waals surface area contributed by atoms with E-state index >= 15 is 0 Å². The van der Waals surface area contributed by atoms with Gasteiger partial charge in [-0.05, 0) is 12.5 Å². The van der Waals surface area contributed by atoms with Crippen LogP contribution in [0.3, 0.4) is 0 Å². The van der Waals surface area contributed by atoms with Crippen molar-refractivity contribution < 1.29 is 19.0 Å². The van der Waals surface area contributed by atoms with Gasteiger partial charge in [0.15, 0.2) is 0 Å². The average Bonchev–Trinajstić information content (AvgIpc) is 3.49. The molecule has 146 valence electrons. The molecule has 2 saturated heterocycles. The smallest absolute Gasteiger partial charge is 0.226 e.